The largest absolute Gasteiger partial charge is 0.411 e. The Hall–Kier alpha value is -0.880. The Morgan fingerprint density at radius 2 is 1.69 bits per heavy atom. The van der Waals surface area contributed by atoms with Crippen LogP contribution in [0.3, 0.4) is 0 Å². The molecule has 0 spiro atoms. The molecule has 0 saturated carbocycles. The summed E-state index contributed by atoms with van der Waals surface area (Å²) in [6, 6.07) is 7.09. The Labute approximate surface area is 190 Å². The Bertz CT molecular complexity index is 648. The molecule has 5 nitrogen and oxygen atoms in total. The van der Waals surface area contributed by atoms with Crippen molar-refractivity contribution in [2.24, 2.45) is 4.99 Å². The van der Waals surface area contributed by atoms with Gasteiger partial charge in [-0.05, 0) is 38.8 Å². The van der Waals surface area contributed by atoms with Crippen LogP contribution in [0.1, 0.15) is 38.8 Å². The number of hydrogen-bond donors (Lipinski definition) is 2. The van der Waals surface area contributed by atoms with E-state index in [0.29, 0.717) is 36.9 Å². The van der Waals surface area contributed by atoms with E-state index in [2.05, 4.69) is 20.4 Å². The quantitative estimate of drug-likeness (QED) is 0.278. The lowest BCUT2D eigenvalue weighted by molar-refractivity contribution is -0.176. The molecule has 29 heavy (non-hydrogen) atoms. The minimum absolute atomic E-state index is 0. The van der Waals surface area contributed by atoms with Crippen molar-refractivity contribution in [2.75, 3.05) is 25.4 Å². The summed E-state index contributed by atoms with van der Waals surface area (Å²) in [5, 5.41) is 6.30. The van der Waals surface area contributed by atoms with Gasteiger partial charge in [0.15, 0.2) is 5.96 Å². The Morgan fingerprint density at radius 3 is 2.21 bits per heavy atom. The maximum atomic E-state index is 12.1. The van der Waals surface area contributed by atoms with Gasteiger partial charge < -0.3 is 15.4 Å². The van der Waals surface area contributed by atoms with E-state index >= 15 is 0 Å². The fraction of sp³-hybridized carbons (Fsp3) is 0.632. The van der Waals surface area contributed by atoms with Gasteiger partial charge in [-0.3, -0.25) is 4.21 Å². The lowest BCUT2D eigenvalue weighted by atomic mass is 10.1. The highest BCUT2D eigenvalue weighted by Crippen LogP contribution is 2.16. The van der Waals surface area contributed by atoms with Crippen molar-refractivity contribution >= 4 is 40.7 Å². The summed E-state index contributed by atoms with van der Waals surface area (Å²) in [6.07, 6.45) is -4.32. The first kappa shape index (κ1) is 28.1. The van der Waals surface area contributed by atoms with Crippen LogP contribution in [0.4, 0.5) is 13.2 Å². The molecule has 0 amide bonds. The van der Waals surface area contributed by atoms with Gasteiger partial charge in [-0.1, -0.05) is 24.3 Å². The fourth-order valence-electron chi connectivity index (χ4n) is 2.11. The third-order valence-electron chi connectivity index (χ3n) is 3.58. The van der Waals surface area contributed by atoms with Crippen molar-refractivity contribution < 1.29 is 22.1 Å². The normalized spacial score (nSPS) is 13.6. The SMILES string of the molecule is CCNC(=NCc1ccc(COCC(F)(F)F)cc1)NCCS(=O)C(C)(C)C.I. The van der Waals surface area contributed by atoms with Crippen molar-refractivity contribution in [3.05, 3.63) is 35.4 Å². The summed E-state index contributed by atoms with van der Waals surface area (Å²) in [4.78, 5) is 4.48. The minimum atomic E-state index is -4.32. The molecule has 0 aliphatic rings. The maximum absolute atomic E-state index is 12.1. The molecular formula is C19H31F3IN3O2S. The predicted octanol–water partition coefficient (Wildman–Crippen LogP) is 3.99. The fourth-order valence-corrected chi connectivity index (χ4v) is 3.01. The molecular weight excluding hydrogens is 518 g/mol. The van der Waals surface area contributed by atoms with E-state index in [9.17, 15) is 17.4 Å². The summed E-state index contributed by atoms with van der Waals surface area (Å²) in [6.45, 7) is 8.12. The van der Waals surface area contributed by atoms with Crippen LogP contribution in [0, 0.1) is 0 Å². The monoisotopic (exact) mass is 549 g/mol. The third kappa shape index (κ3) is 13.1. The molecule has 0 aliphatic heterocycles. The van der Waals surface area contributed by atoms with E-state index in [4.69, 9.17) is 0 Å². The highest BCUT2D eigenvalue weighted by atomic mass is 127. The Kier molecular flexibility index (Phi) is 13.0. The summed E-state index contributed by atoms with van der Waals surface area (Å²) < 4.78 is 52.7. The zero-order valence-corrected chi connectivity index (χ0v) is 20.4. The molecule has 0 fully saturated rings. The maximum Gasteiger partial charge on any atom is 0.411 e. The Morgan fingerprint density at radius 1 is 1.10 bits per heavy atom. The number of benzene rings is 1. The molecule has 1 aromatic carbocycles. The summed E-state index contributed by atoms with van der Waals surface area (Å²) in [5.41, 5.74) is 1.60. The second kappa shape index (κ2) is 13.4. The highest BCUT2D eigenvalue weighted by molar-refractivity contribution is 14.0. The average Bonchev–Trinajstić information content (AvgIpc) is 2.58. The van der Waals surface area contributed by atoms with Crippen molar-refractivity contribution in [1.82, 2.24) is 10.6 Å². The van der Waals surface area contributed by atoms with Gasteiger partial charge in [0, 0.05) is 34.4 Å². The molecule has 2 N–H and O–H groups in total. The van der Waals surface area contributed by atoms with Gasteiger partial charge in [-0.2, -0.15) is 13.2 Å². The van der Waals surface area contributed by atoms with Gasteiger partial charge in [0.25, 0.3) is 0 Å². The molecule has 0 radical (unpaired) electrons. The van der Waals surface area contributed by atoms with E-state index in [0.717, 1.165) is 5.56 Å². The van der Waals surface area contributed by atoms with E-state index in [-0.39, 0.29) is 35.3 Å². The minimum Gasteiger partial charge on any atom is -0.367 e. The van der Waals surface area contributed by atoms with Crippen LogP contribution in [0.25, 0.3) is 0 Å². The number of nitrogens with one attached hydrogen (secondary N) is 2. The first-order valence-corrected chi connectivity index (χ1v) is 10.5. The van der Waals surface area contributed by atoms with Crippen molar-refractivity contribution in [3.8, 4) is 0 Å². The van der Waals surface area contributed by atoms with Gasteiger partial charge in [0.1, 0.15) is 6.61 Å². The zero-order chi connectivity index (χ0) is 21.2. The van der Waals surface area contributed by atoms with Gasteiger partial charge >= 0.3 is 6.18 Å². The highest BCUT2D eigenvalue weighted by Gasteiger charge is 2.27. The molecule has 168 valence electrons. The molecule has 1 rings (SSSR count). The second-order valence-corrected chi connectivity index (χ2v) is 9.53. The van der Waals surface area contributed by atoms with E-state index in [1.54, 1.807) is 12.1 Å². The number of ether oxygens (including phenoxy) is 1. The van der Waals surface area contributed by atoms with E-state index in [1.807, 2.05) is 39.8 Å². The number of halogens is 4. The number of nitrogens with zero attached hydrogens (tertiary/aromatic N) is 1. The van der Waals surface area contributed by atoms with Gasteiger partial charge in [0.05, 0.1) is 13.2 Å². The van der Waals surface area contributed by atoms with Crippen LogP contribution in [0.2, 0.25) is 0 Å². The molecule has 10 heteroatoms. The molecule has 0 bridgehead atoms. The summed E-state index contributed by atoms with van der Waals surface area (Å²) in [7, 11) is -0.936. The van der Waals surface area contributed by atoms with Gasteiger partial charge in [-0.15, -0.1) is 24.0 Å². The van der Waals surface area contributed by atoms with E-state index in [1.165, 1.54) is 0 Å². The topological polar surface area (TPSA) is 62.7 Å². The smallest absolute Gasteiger partial charge is 0.367 e. The number of aliphatic imine (C=N–C) groups is 1. The molecule has 1 unspecified atom stereocenters. The van der Waals surface area contributed by atoms with Crippen molar-refractivity contribution in [1.29, 1.82) is 0 Å². The number of guanidine groups is 1. The molecule has 1 atom stereocenters. The number of alkyl halides is 3. The molecule has 0 heterocycles. The lowest BCUT2D eigenvalue weighted by Crippen LogP contribution is -2.40. The molecule has 0 saturated heterocycles. The van der Waals surface area contributed by atoms with Crippen LogP contribution >= 0.6 is 24.0 Å². The molecule has 1 aromatic rings. The number of hydrogen-bond acceptors (Lipinski definition) is 3. The third-order valence-corrected chi connectivity index (χ3v) is 5.53. The van der Waals surface area contributed by atoms with Crippen LogP contribution < -0.4 is 10.6 Å². The first-order valence-electron chi connectivity index (χ1n) is 9.14. The Balaban J connectivity index is 0.00000784. The number of rotatable bonds is 9. The molecule has 0 aromatic heterocycles. The standard InChI is InChI=1S/C19H30F3N3O2S.HI/c1-5-23-17(24-10-11-28(26)18(2,3)4)25-12-15-6-8-16(9-7-15)13-27-14-19(20,21)22;/h6-9H,5,10-14H2,1-4H3,(H2,23,24,25);1H. The summed E-state index contributed by atoms with van der Waals surface area (Å²) in [5.74, 6) is 1.16. The van der Waals surface area contributed by atoms with Crippen molar-refractivity contribution in [2.45, 2.75) is 51.8 Å². The molecule has 0 aliphatic carbocycles. The second-order valence-electron chi connectivity index (χ2n) is 7.21. The van der Waals surface area contributed by atoms with Crippen LogP contribution in [0.5, 0.6) is 0 Å². The zero-order valence-electron chi connectivity index (χ0n) is 17.3. The van der Waals surface area contributed by atoms with Crippen LogP contribution in [-0.2, 0) is 28.7 Å². The van der Waals surface area contributed by atoms with Crippen LogP contribution in [-0.4, -0.2) is 46.5 Å². The van der Waals surface area contributed by atoms with E-state index < -0.39 is 23.6 Å². The summed E-state index contributed by atoms with van der Waals surface area (Å²) >= 11 is 0. The predicted molar refractivity (Wildman–Crippen MR) is 123 cm³/mol. The van der Waals surface area contributed by atoms with Gasteiger partial charge in [-0.25, -0.2) is 4.99 Å². The average molecular weight is 549 g/mol. The first-order chi connectivity index (χ1) is 13.0. The van der Waals surface area contributed by atoms with Crippen LogP contribution in [0.15, 0.2) is 29.3 Å². The van der Waals surface area contributed by atoms with Gasteiger partial charge in [0.2, 0.25) is 0 Å². The van der Waals surface area contributed by atoms with Crippen molar-refractivity contribution in [3.63, 3.8) is 0 Å². The lowest BCUT2D eigenvalue weighted by Gasteiger charge is -2.18.